The molecule has 3 aromatic heterocycles. The summed E-state index contributed by atoms with van der Waals surface area (Å²) < 4.78 is 57.2. The van der Waals surface area contributed by atoms with Crippen molar-refractivity contribution in [1.82, 2.24) is 14.5 Å². The Kier molecular flexibility index (Phi) is 5.85. The van der Waals surface area contributed by atoms with Crippen molar-refractivity contribution >= 4 is 28.5 Å². The normalized spacial score (nSPS) is 11.5. The fraction of sp³-hybridized carbons (Fsp3) is 0.190. The van der Waals surface area contributed by atoms with Crippen LogP contribution in [-0.2, 0) is 12.8 Å². The quantitative estimate of drug-likeness (QED) is 0.407. The van der Waals surface area contributed by atoms with Crippen LogP contribution in [0.2, 0.25) is 0 Å². The third-order valence-corrected chi connectivity index (χ3v) is 5.80. The SMILES string of the molecule is COc1cc2ncn(-c3cc(OCc4ccccc4C(F)(F)F)c(C(=O)O)s3)c2nc1OC. The third-order valence-electron chi connectivity index (χ3n) is 4.69. The molecule has 4 aromatic rings. The molecule has 0 saturated carbocycles. The summed E-state index contributed by atoms with van der Waals surface area (Å²) in [5, 5.41) is 9.99. The highest BCUT2D eigenvalue weighted by molar-refractivity contribution is 7.16. The van der Waals surface area contributed by atoms with Crippen LogP contribution in [0.5, 0.6) is 17.4 Å². The van der Waals surface area contributed by atoms with Gasteiger partial charge < -0.3 is 19.3 Å². The molecule has 1 N–H and O–H groups in total. The number of carboxylic acid groups (broad SMARTS) is 1. The number of carbonyl (C=O) groups is 1. The summed E-state index contributed by atoms with van der Waals surface area (Å²) in [5.41, 5.74) is -0.108. The van der Waals surface area contributed by atoms with Gasteiger partial charge in [0.15, 0.2) is 16.3 Å². The second-order valence-corrected chi connectivity index (χ2v) is 7.71. The molecule has 0 aliphatic heterocycles. The number of hydrogen-bond acceptors (Lipinski definition) is 7. The lowest BCUT2D eigenvalue weighted by atomic mass is 10.1. The van der Waals surface area contributed by atoms with Crippen molar-refractivity contribution in [3.63, 3.8) is 0 Å². The third kappa shape index (κ3) is 4.29. The van der Waals surface area contributed by atoms with Gasteiger partial charge in [0.2, 0.25) is 0 Å². The number of benzene rings is 1. The molecule has 3 heterocycles. The van der Waals surface area contributed by atoms with Crippen LogP contribution in [-0.4, -0.2) is 39.8 Å². The van der Waals surface area contributed by atoms with Crippen molar-refractivity contribution < 1.29 is 37.3 Å². The van der Waals surface area contributed by atoms with Crippen LogP contribution >= 0.6 is 11.3 Å². The van der Waals surface area contributed by atoms with E-state index in [2.05, 4.69) is 9.97 Å². The van der Waals surface area contributed by atoms with E-state index in [4.69, 9.17) is 14.2 Å². The highest BCUT2D eigenvalue weighted by atomic mass is 32.1. The number of nitrogens with zero attached hydrogens (tertiary/aromatic N) is 3. The summed E-state index contributed by atoms with van der Waals surface area (Å²) in [4.78, 5) is 20.2. The minimum atomic E-state index is -4.56. The van der Waals surface area contributed by atoms with Crippen molar-refractivity contribution in [2.24, 2.45) is 0 Å². The van der Waals surface area contributed by atoms with Crippen molar-refractivity contribution in [3.05, 3.63) is 58.7 Å². The summed E-state index contributed by atoms with van der Waals surface area (Å²) in [5.74, 6) is -0.759. The van der Waals surface area contributed by atoms with Gasteiger partial charge in [-0.15, -0.1) is 11.3 Å². The molecule has 0 aliphatic carbocycles. The zero-order valence-corrected chi connectivity index (χ0v) is 18.0. The maximum absolute atomic E-state index is 13.3. The highest BCUT2D eigenvalue weighted by Crippen LogP contribution is 2.37. The first-order valence-electron chi connectivity index (χ1n) is 9.34. The van der Waals surface area contributed by atoms with Crippen LogP contribution in [0, 0.1) is 0 Å². The number of ether oxygens (including phenoxy) is 3. The van der Waals surface area contributed by atoms with E-state index >= 15 is 0 Å². The Balaban J connectivity index is 1.71. The lowest BCUT2D eigenvalue weighted by molar-refractivity contribution is -0.138. The Bertz CT molecular complexity index is 1330. The van der Waals surface area contributed by atoms with Crippen molar-refractivity contribution in [2.45, 2.75) is 12.8 Å². The zero-order valence-electron chi connectivity index (χ0n) is 17.2. The van der Waals surface area contributed by atoms with Crippen LogP contribution < -0.4 is 14.2 Å². The van der Waals surface area contributed by atoms with Gasteiger partial charge in [-0.05, 0) is 6.07 Å². The van der Waals surface area contributed by atoms with Crippen molar-refractivity contribution in [1.29, 1.82) is 0 Å². The number of hydrogen-bond donors (Lipinski definition) is 1. The first-order chi connectivity index (χ1) is 15.7. The van der Waals surface area contributed by atoms with Gasteiger partial charge in [0.1, 0.15) is 29.2 Å². The molecule has 0 bridgehead atoms. The molecule has 0 amide bonds. The first kappa shape index (κ1) is 22.4. The fourth-order valence-corrected chi connectivity index (χ4v) is 4.09. The summed E-state index contributed by atoms with van der Waals surface area (Å²) in [6, 6.07) is 8.00. The molecule has 12 heteroatoms. The van der Waals surface area contributed by atoms with E-state index in [1.807, 2.05) is 0 Å². The van der Waals surface area contributed by atoms with Gasteiger partial charge in [0, 0.05) is 17.7 Å². The van der Waals surface area contributed by atoms with Gasteiger partial charge in [0.05, 0.1) is 19.8 Å². The molecule has 8 nitrogen and oxygen atoms in total. The van der Waals surface area contributed by atoms with Crippen LogP contribution in [0.3, 0.4) is 0 Å². The summed E-state index contributed by atoms with van der Waals surface area (Å²) >= 11 is 0.873. The van der Waals surface area contributed by atoms with E-state index in [-0.39, 0.29) is 22.1 Å². The van der Waals surface area contributed by atoms with E-state index in [0.29, 0.717) is 21.9 Å². The van der Waals surface area contributed by atoms with E-state index < -0.39 is 24.3 Å². The monoisotopic (exact) mass is 479 g/mol. The molecule has 0 aliphatic rings. The zero-order chi connectivity index (χ0) is 23.8. The Hall–Kier alpha value is -3.80. The average Bonchev–Trinajstić information content (AvgIpc) is 3.39. The number of imidazole rings is 1. The minimum absolute atomic E-state index is 0.0678. The van der Waals surface area contributed by atoms with E-state index in [1.54, 1.807) is 6.07 Å². The first-order valence-corrected chi connectivity index (χ1v) is 10.2. The molecular formula is C21H16F3N3O5S. The van der Waals surface area contributed by atoms with Crippen LogP contribution in [0.15, 0.2) is 42.7 Å². The highest BCUT2D eigenvalue weighted by Gasteiger charge is 2.33. The molecule has 0 spiro atoms. The number of aromatic carboxylic acids is 1. The molecule has 0 fully saturated rings. The molecule has 0 unspecified atom stereocenters. The molecular weight excluding hydrogens is 463 g/mol. The fourth-order valence-electron chi connectivity index (χ4n) is 3.17. The number of rotatable bonds is 7. The van der Waals surface area contributed by atoms with Crippen LogP contribution in [0.1, 0.15) is 20.8 Å². The Morgan fingerprint density at radius 2 is 1.91 bits per heavy atom. The average molecular weight is 479 g/mol. The molecule has 0 radical (unpaired) electrons. The second kappa shape index (κ2) is 8.62. The molecule has 0 saturated heterocycles. The molecule has 1 aromatic carbocycles. The number of halogens is 3. The number of thiophene rings is 1. The smallest absolute Gasteiger partial charge is 0.416 e. The van der Waals surface area contributed by atoms with E-state index in [0.717, 1.165) is 17.4 Å². The van der Waals surface area contributed by atoms with Gasteiger partial charge in [-0.25, -0.2) is 9.78 Å². The van der Waals surface area contributed by atoms with Gasteiger partial charge in [-0.1, -0.05) is 18.2 Å². The largest absolute Gasteiger partial charge is 0.491 e. The topological polar surface area (TPSA) is 95.7 Å². The van der Waals surface area contributed by atoms with Gasteiger partial charge in [-0.3, -0.25) is 4.57 Å². The summed E-state index contributed by atoms with van der Waals surface area (Å²) in [7, 11) is 2.89. The van der Waals surface area contributed by atoms with Gasteiger partial charge in [0.25, 0.3) is 5.88 Å². The number of aromatic nitrogens is 3. The maximum Gasteiger partial charge on any atom is 0.416 e. The molecule has 172 valence electrons. The van der Waals surface area contributed by atoms with Crippen LogP contribution in [0.25, 0.3) is 16.2 Å². The number of pyridine rings is 1. The Labute approximate surface area is 188 Å². The number of alkyl halides is 3. The van der Waals surface area contributed by atoms with Crippen molar-refractivity contribution in [3.8, 4) is 22.4 Å². The number of fused-ring (bicyclic) bond motifs is 1. The molecule has 4 rings (SSSR count). The predicted molar refractivity (Wildman–Crippen MR) is 113 cm³/mol. The summed E-state index contributed by atoms with van der Waals surface area (Å²) in [6.07, 6.45) is -3.12. The molecule has 33 heavy (non-hydrogen) atoms. The maximum atomic E-state index is 13.3. The van der Waals surface area contributed by atoms with Crippen LogP contribution in [0.4, 0.5) is 13.2 Å². The lowest BCUT2D eigenvalue weighted by Gasteiger charge is -2.13. The molecule has 0 atom stereocenters. The lowest BCUT2D eigenvalue weighted by Crippen LogP contribution is -2.11. The summed E-state index contributed by atoms with van der Waals surface area (Å²) in [6.45, 7) is -0.458. The minimum Gasteiger partial charge on any atom is -0.491 e. The van der Waals surface area contributed by atoms with Gasteiger partial charge in [-0.2, -0.15) is 18.2 Å². The standard InChI is InChI=1S/C21H16F3N3O5S/c1-30-15-7-13-18(26-19(15)31-2)27(10-25-13)16-8-14(17(33-16)20(28)29)32-9-11-5-3-4-6-12(11)21(22,23)24/h3-8,10H,9H2,1-2H3,(H,28,29). The second-order valence-electron chi connectivity index (χ2n) is 6.68. The van der Waals surface area contributed by atoms with E-state index in [9.17, 15) is 23.1 Å². The predicted octanol–water partition coefficient (Wildman–Crippen LogP) is 4.80. The number of methoxy groups -OCH3 is 2. The number of carboxylic acids is 1. The van der Waals surface area contributed by atoms with Gasteiger partial charge >= 0.3 is 12.1 Å². The van der Waals surface area contributed by atoms with E-state index in [1.165, 1.54) is 49.4 Å². The Morgan fingerprint density at radius 1 is 1.15 bits per heavy atom. The Morgan fingerprint density at radius 3 is 2.58 bits per heavy atom. The van der Waals surface area contributed by atoms with Crippen molar-refractivity contribution in [2.75, 3.05) is 14.2 Å².